The number of hydrogen-bond donors (Lipinski definition) is 0. The molecule has 0 spiro atoms. The lowest BCUT2D eigenvalue weighted by Gasteiger charge is -2.44. The molecule has 0 saturated carbocycles. The van der Waals surface area contributed by atoms with Gasteiger partial charge in [0, 0.05) is 59.0 Å². The van der Waals surface area contributed by atoms with E-state index in [2.05, 4.69) is 21.7 Å². The van der Waals surface area contributed by atoms with Gasteiger partial charge in [0.15, 0.2) is 0 Å². The van der Waals surface area contributed by atoms with E-state index >= 15 is 0 Å². The largest absolute Gasteiger partial charge is 0.369 e. The van der Waals surface area contributed by atoms with Gasteiger partial charge in [0.25, 0.3) is 5.91 Å². The lowest BCUT2D eigenvalue weighted by molar-refractivity contribution is -0.152. The summed E-state index contributed by atoms with van der Waals surface area (Å²) in [5.41, 5.74) is -0.752. The van der Waals surface area contributed by atoms with Crippen molar-refractivity contribution in [1.82, 2.24) is 19.6 Å². The molecule has 1 atom stereocenters. The molecule has 0 bridgehead atoms. The van der Waals surface area contributed by atoms with E-state index in [0.717, 1.165) is 78.0 Å². The van der Waals surface area contributed by atoms with Crippen LogP contribution in [0, 0.1) is 5.92 Å². The molecule has 7 heteroatoms. The summed E-state index contributed by atoms with van der Waals surface area (Å²) in [5, 5.41) is 0. The molecule has 0 aromatic heterocycles. The second-order valence-corrected chi connectivity index (χ2v) is 9.20. The van der Waals surface area contributed by atoms with Crippen molar-refractivity contribution in [3.05, 3.63) is 0 Å². The molecule has 3 rings (SSSR count). The third-order valence-electron chi connectivity index (χ3n) is 6.91. The van der Waals surface area contributed by atoms with Crippen molar-refractivity contribution in [2.45, 2.75) is 51.2 Å². The summed E-state index contributed by atoms with van der Waals surface area (Å²) in [7, 11) is 3.71. The van der Waals surface area contributed by atoms with Crippen molar-refractivity contribution in [3.63, 3.8) is 0 Å². The number of amides is 2. The fourth-order valence-corrected chi connectivity index (χ4v) is 4.73. The zero-order valence-corrected chi connectivity index (χ0v) is 18.2. The molecule has 28 heavy (non-hydrogen) atoms. The lowest BCUT2D eigenvalue weighted by Crippen LogP contribution is -2.55. The Labute approximate surface area is 169 Å². The third kappa shape index (κ3) is 4.86. The smallest absolute Gasteiger partial charge is 0.254 e. The molecule has 0 N–H and O–H groups in total. The van der Waals surface area contributed by atoms with Crippen molar-refractivity contribution >= 4 is 11.8 Å². The number of hydrogen-bond acceptors (Lipinski definition) is 5. The summed E-state index contributed by atoms with van der Waals surface area (Å²) in [6.45, 7) is 10.9. The summed E-state index contributed by atoms with van der Waals surface area (Å²) >= 11 is 0. The number of rotatable bonds is 4. The van der Waals surface area contributed by atoms with Crippen molar-refractivity contribution < 1.29 is 14.3 Å². The van der Waals surface area contributed by atoms with Gasteiger partial charge in [-0.25, -0.2) is 0 Å². The van der Waals surface area contributed by atoms with Gasteiger partial charge in [-0.2, -0.15) is 0 Å². The molecule has 0 aromatic rings. The highest BCUT2D eigenvalue weighted by Gasteiger charge is 2.37. The van der Waals surface area contributed by atoms with Gasteiger partial charge in [0.1, 0.15) is 5.60 Å². The average Bonchev–Trinajstić information content (AvgIpc) is 2.73. The lowest BCUT2D eigenvalue weighted by atomic mass is 9.92. The standard InChI is InChI=1S/C21H38N4O3/c1-21(2,28-4)20(27)24-10-7-18(8-11-24)25-9-5-6-17(16-25)19(26)23-14-12-22(3)13-15-23/h17-18H,5-16H2,1-4H3. The van der Waals surface area contributed by atoms with Gasteiger partial charge in [-0.3, -0.25) is 14.5 Å². The minimum absolute atomic E-state index is 0.0789. The second-order valence-electron chi connectivity index (χ2n) is 9.20. The van der Waals surface area contributed by atoms with Crippen LogP contribution in [0.25, 0.3) is 0 Å². The highest BCUT2D eigenvalue weighted by molar-refractivity contribution is 5.84. The number of carbonyl (C=O) groups excluding carboxylic acids is 2. The van der Waals surface area contributed by atoms with Crippen molar-refractivity contribution in [1.29, 1.82) is 0 Å². The monoisotopic (exact) mass is 394 g/mol. The van der Waals surface area contributed by atoms with Crippen molar-refractivity contribution in [2.75, 3.05) is 66.5 Å². The Morgan fingerprint density at radius 1 is 0.893 bits per heavy atom. The number of ether oxygens (including phenoxy) is 1. The maximum atomic E-state index is 13.0. The van der Waals surface area contributed by atoms with Crippen LogP contribution in [-0.2, 0) is 14.3 Å². The van der Waals surface area contributed by atoms with Crippen LogP contribution < -0.4 is 0 Å². The molecule has 3 heterocycles. The first-order valence-corrected chi connectivity index (χ1v) is 10.9. The van der Waals surface area contributed by atoms with Crippen LogP contribution in [0.5, 0.6) is 0 Å². The quantitative estimate of drug-likeness (QED) is 0.709. The number of methoxy groups -OCH3 is 1. The van der Waals surface area contributed by atoms with Gasteiger partial charge < -0.3 is 19.4 Å². The summed E-state index contributed by atoms with van der Waals surface area (Å²) in [5.74, 6) is 0.576. The molecular weight excluding hydrogens is 356 g/mol. The molecule has 3 saturated heterocycles. The number of piperidine rings is 2. The number of likely N-dealkylation sites (tertiary alicyclic amines) is 2. The minimum Gasteiger partial charge on any atom is -0.369 e. The molecule has 0 aliphatic carbocycles. The van der Waals surface area contributed by atoms with Crippen LogP contribution in [0.15, 0.2) is 0 Å². The van der Waals surface area contributed by atoms with Crippen LogP contribution in [0.4, 0.5) is 0 Å². The molecule has 2 amide bonds. The summed E-state index contributed by atoms with van der Waals surface area (Å²) < 4.78 is 5.35. The normalized spacial score (nSPS) is 26.5. The molecule has 160 valence electrons. The Bertz CT molecular complexity index is 552. The van der Waals surface area contributed by atoms with Crippen LogP contribution in [0.3, 0.4) is 0 Å². The zero-order valence-electron chi connectivity index (χ0n) is 18.2. The highest BCUT2D eigenvalue weighted by Crippen LogP contribution is 2.26. The maximum absolute atomic E-state index is 13.0. The van der Waals surface area contributed by atoms with Crippen LogP contribution >= 0.6 is 0 Å². The minimum atomic E-state index is -0.752. The molecule has 0 radical (unpaired) electrons. The summed E-state index contributed by atoms with van der Waals surface area (Å²) in [6.07, 6.45) is 4.09. The number of nitrogens with zero attached hydrogens (tertiary/aromatic N) is 4. The topological polar surface area (TPSA) is 56.3 Å². The Kier molecular flexibility index (Phi) is 6.99. The molecular formula is C21H38N4O3. The maximum Gasteiger partial charge on any atom is 0.254 e. The Balaban J connectivity index is 1.50. The SMILES string of the molecule is COC(C)(C)C(=O)N1CCC(N2CCCC(C(=O)N3CCN(C)CC3)C2)CC1. The molecule has 3 fully saturated rings. The van der Waals surface area contributed by atoms with E-state index in [1.165, 1.54) is 0 Å². The number of likely N-dealkylation sites (N-methyl/N-ethyl adjacent to an activating group) is 1. The molecule has 1 unspecified atom stereocenters. The predicted octanol–water partition coefficient (Wildman–Crippen LogP) is 0.888. The van der Waals surface area contributed by atoms with Crippen molar-refractivity contribution in [2.24, 2.45) is 5.92 Å². The van der Waals surface area contributed by atoms with Crippen LogP contribution in [-0.4, -0.2) is 110 Å². The van der Waals surface area contributed by atoms with E-state index in [1.807, 2.05) is 18.7 Å². The molecule has 0 aromatic carbocycles. The van der Waals surface area contributed by atoms with E-state index in [0.29, 0.717) is 11.9 Å². The fourth-order valence-electron chi connectivity index (χ4n) is 4.73. The molecule has 7 nitrogen and oxygen atoms in total. The van der Waals surface area contributed by atoms with E-state index in [9.17, 15) is 9.59 Å². The van der Waals surface area contributed by atoms with Gasteiger partial charge in [-0.15, -0.1) is 0 Å². The van der Waals surface area contributed by atoms with E-state index in [4.69, 9.17) is 4.74 Å². The van der Waals surface area contributed by atoms with Gasteiger partial charge in [0.2, 0.25) is 5.91 Å². The van der Waals surface area contributed by atoms with E-state index < -0.39 is 5.60 Å². The Hall–Kier alpha value is -1.18. The Morgan fingerprint density at radius 2 is 1.54 bits per heavy atom. The number of piperazine rings is 1. The van der Waals surface area contributed by atoms with Gasteiger partial charge in [-0.1, -0.05) is 0 Å². The predicted molar refractivity (Wildman–Crippen MR) is 109 cm³/mol. The number of carbonyl (C=O) groups is 2. The van der Waals surface area contributed by atoms with Gasteiger partial charge in [0.05, 0.1) is 5.92 Å². The van der Waals surface area contributed by atoms with Crippen LogP contribution in [0.1, 0.15) is 39.5 Å². The first-order chi connectivity index (χ1) is 13.3. The first kappa shape index (κ1) is 21.5. The first-order valence-electron chi connectivity index (χ1n) is 10.9. The van der Waals surface area contributed by atoms with Gasteiger partial charge in [-0.05, 0) is 53.1 Å². The fraction of sp³-hybridized carbons (Fsp3) is 0.905. The highest BCUT2D eigenvalue weighted by atomic mass is 16.5. The second kappa shape index (κ2) is 9.09. The Morgan fingerprint density at radius 3 is 2.14 bits per heavy atom. The van der Waals surface area contributed by atoms with E-state index in [1.54, 1.807) is 7.11 Å². The van der Waals surface area contributed by atoms with Crippen LogP contribution in [0.2, 0.25) is 0 Å². The summed E-state index contributed by atoms with van der Waals surface area (Å²) in [4.78, 5) is 34.4. The van der Waals surface area contributed by atoms with E-state index in [-0.39, 0.29) is 11.8 Å². The average molecular weight is 395 g/mol. The molecule has 3 aliphatic heterocycles. The third-order valence-corrected chi connectivity index (χ3v) is 6.91. The van der Waals surface area contributed by atoms with Crippen molar-refractivity contribution in [3.8, 4) is 0 Å². The summed E-state index contributed by atoms with van der Waals surface area (Å²) in [6, 6.07) is 0.484. The molecule has 3 aliphatic rings. The zero-order chi connectivity index (χ0) is 20.3. The van der Waals surface area contributed by atoms with Gasteiger partial charge >= 0.3 is 0 Å².